The first-order chi connectivity index (χ1) is 6.68. The molecule has 0 amide bonds. The summed E-state index contributed by atoms with van der Waals surface area (Å²) in [6.45, 7) is 5.78. The van der Waals surface area contributed by atoms with Crippen LogP contribution in [0.25, 0.3) is 16.5 Å². The van der Waals surface area contributed by atoms with E-state index in [9.17, 15) is 0 Å². The van der Waals surface area contributed by atoms with Gasteiger partial charge in [-0.2, -0.15) is 0 Å². The Hall–Kier alpha value is -1.34. The molecular weight excluding hydrogens is 194 g/mol. The highest BCUT2D eigenvalue weighted by molar-refractivity contribution is 6.35. The summed E-state index contributed by atoms with van der Waals surface area (Å²) >= 11 is 6.13. The van der Waals surface area contributed by atoms with Crippen molar-refractivity contribution in [2.45, 2.75) is 6.92 Å². The van der Waals surface area contributed by atoms with Crippen molar-refractivity contribution in [3.8, 4) is 0 Å². The predicted octanol–water partition coefficient (Wildman–Crippen LogP) is 3.92. The molecular formula is C12H10ClN. The summed E-state index contributed by atoms with van der Waals surface area (Å²) in [5, 5.41) is 1.72. The number of allylic oxidation sites excluding steroid dienone is 1. The molecule has 0 aliphatic rings. The number of para-hydroxylation sites is 1. The molecule has 0 saturated heterocycles. The Morgan fingerprint density at radius 1 is 1.36 bits per heavy atom. The molecule has 0 N–H and O–H groups in total. The Labute approximate surface area is 88.0 Å². The summed E-state index contributed by atoms with van der Waals surface area (Å²) in [6.07, 6.45) is 0. The number of halogens is 1. The lowest BCUT2D eigenvalue weighted by molar-refractivity contribution is 1.34. The van der Waals surface area contributed by atoms with Gasteiger partial charge in [0.1, 0.15) is 0 Å². The minimum Gasteiger partial charge on any atom is -0.248 e. The Kier molecular flexibility index (Phi) is 2.26. The maximum atomic E-state index is 6.13. The molecule has 14 heavy (non-hydrogen) atoms. The molecule has 0 spiro atoms. The van der Waals surface area contributed by atoms with Gasteiger partial charge in [0, 0.05) is 5.39 Å². The van der Waals surface area contributed by atoms with Crippen LogP contribution in [0, 0.1) is 0 Å². The van der Waals surface area contributed by atoms with E-state index in [1.54, 1.807) is 0 Å². The summed E-state index contributed by atoms with van der Waals surface area (Å²) in [6, 6.07) is 9.68. The van der Waals surface area contributed by atoms with Gasteiger partial charge in [-0.15, -0.1) is 0 Å². The average Bonchev–Trinajstić information content (AvgIpc) is 2.17. The summed E-state index contributed by atoms with van der Waals surface area (Å²) < 4.78 is 0. The van der Waals surface area contributed by atoms with Gasteiger partial charge >= 0.3 is 0 Å². The van der Waals surface area contributed by atoms with Gasteiger partial charge in [-0.3, -0.25) is 0 Å². The highest BCUT2D eigenvalue weighted by Crippen LogP contribution is 2.24. The summed E-state index contributed by atoms with van der Waals surface area (Å²) in [4.78, 5) is 4.45. The van der Waals surface area contributed by atoms with E-state index in [0.717, 1.165) is 27.2 Å². The average molecular weight is 204 g/mol. The molecule has 0 saturated carbocycles. The van der Waals surface area contributed by atoms with Crippen LogP contribution >= 0.6 is 11.6 Å². The van der Waals surface area contributed by atoms with Crippen LogP contribution in [0.15, 0.2) is 36.9 Å². The largest absolute Gasteiger partial charge is 0.248 e. The Bertz CT molecular complexity index is 503. The fourth-order valence-corrected chi connectivity index (χ4v) is 1.61. The van der Waals surface area contributed by atoms with E-state index < -0.39 is 0 Å². The van der Waals surface area contributed by atoms with Crippen LogP contribution in [0.4, 0.5) is 0 Å². The zero-order valence-electron chi connectivity index (χ0n) is 7.92. The van der Waals surface area contributed by atoms with Crippen molar-refractivity contribution < 1.29 is 0 Å². The number of nitrogens with zero attached hydrogens (tertiary/aromatic N) is 1. The Balaban J connectivity index is 2.78. The zero-order valence-corrected chi connectivity index (χ0v) is 8.67. The first-order valence-electron chi connectivity index (χ1n) is 4.39. The summed E-state index contributed by atoms with van der Waals surface area (Å²) in [5.41, 5.74) is 2.70. The highest BCUT2D eigenvalue weighted by Gasteiger charge is 2.03. The number of rotatable bonds is 1. The van der Waals surface area contributed by atoms with Crippen molar-refractivity contribution in [1.82, 2.24) is 4.98 Å². The number of pyridine rings is 1. The zero-order chi connectivity index (χ0) is 10.1. The van der Waals surface area contributed by atoms with Gasteiger partial charge in [0.05, 0.1) is 16.2 Å². The van der Waals surface area contributed by atoms with E-state index in [1.807, 2.05) is 37.3 Å². The molecule has 1 heterocycles. The predicted molar refractivity (Wildman–Crippen MR) is 61.5 cm³/mol. The molecule has 0 aliphatic carbocycles. The van der Waals surface area contributed by atoms with Gasteiger partial charge in [-0.05, 0) is 24.6 Å². The van der Waals surface area contributed by atoms with E-state index in [2.05, 4.69) is 11.6 Å². The first-order valence-corrected chi connectivity index (χ1v) is 4.77. The quantitative estimate of drug-likeness (QED) is 0.685. The molecule has 0 bridgehead atoms. The van der Waals surface area contributed by atoms with Gasteiger partial charge in [0.15, 0.2) is 0 Å². The highest BCUT2D eigenvalue weighted by atomic mass is 35.5. The van der Waals surface area contributed by atoms with E-state index in [0.29, 0.717) is 0 Å². The van der Waals surface area contributed by atoms with Gasteiger partial charge in [-0.25, -0.2) is 4.98 Å². The molecule has 2 rings (SSSR count). The second-order valence-corrected chi connectivity index (χ2v) is 3.69. The van der Waals surface area contributed by atoms with E-state index in [-0.39, 0.29) is 0 Å². The van der Waals surface area contributed by atoms with E-state index in [4.69, 9.17) is 11.6 Å². The molecule has 70 valence electrons. The topological polar surface area (TPSA) is 12.9 Å². The SMILES string of the molecule is C=C(C)c1cc(Cl)c2ccccc2n1. The minimum atomic E-state index is 0.730. The third-order valence-corrected chi connectivity index (χ3v) is 2.42. The number of benzene rings is 1. The van der Waals surface area contributed by atoms with E-state index in [1.165, 1.54) is 0 Å². The first kappa shape index (κ1) is 9.22. The lowest BCUT2D eigenvalue weighted by atomic mass is 10.1. The Morgan fingerprint density at radius 2 is 2.07 bits per heavy atom. The molecule has 1 aromatic heterocycles. The molecule has 0 radical (unpaired) electrons. The van der Waals surface area contributed by atoms with Crippen LogP contribution in [0.2, 0.25) is 5.02 Å². The maximum absolute atomic E-state index is 6.13. The molecule has 0 aliphatic heterocycles. The van der Waals surface area contributed by atoms with Crippen LogP contribution in [0.3, 0.4) is 0 Å². The van der Waals surface area contributed by atoms with Crippen LogP contribution in [-0.2, 0) is 0 Å². The van der Waals surface area contributed by atoms with Gasteiger partial charge in [0.25, 0.3) is 0 Å². The minimum absolute atomic E-state index is 0.730. The number of hydrogen-bond acceptors (Lipinski definition) is 1. The molecule has 1 aromatic carbocycles. The van der Waals surface area contributed by atoms with Crippen LogP contribution < -0.4 is 0 Å². The lowest BCUT2D eigenvalue weighted by Gasteiger charge is -2.03. The van der Waals surface area contributed by atoms with Gasteiger partial charge < -0.3 is 0 Å². The van der Waals surface area contributed by atoms with E-state index >= 15 is 0 Å². The number of aromatic nitrogens is 1. The second kappa shape index (κ2) is 3.43. The third-order valence-electron chi connectivity index (χ3n) is 2.10. The van der Waals surface area contributed by atoms with Crippen molar-refractivity contribution in [3.05, 3.63) is 47.6 Å². The molecule has 0 unspecified atom stereocenters. The van der Waals surface area contributed by atoms with Gasteiger partial charge in [-0.1, -0.05) is 36.4 Å². The molecule has 2 aromatic rings. The van der Waals surface area contributed by atoms with Crippen LogP contribution in [-0.4, -0.2) is 4.98 Å². The van der Waals surface area contributed by atoms with Crippen molar-refractivity contribution >= 4 is 28.1 Å². The van der Waals surface area contributed by atoms with Gasteiger partial charge in [0.2, 0.25) is 0 Å². The normalized spacial score (nSPS) is 10.4. The smallest absolute Gasteiger partial charge is 0.0724 e. The molecule has 2 heteroatoms. The summed E-state index contributed by atoms with van der Waals surface area (Å²) in [5.74, 6) is 0. The fourth-order valence-electron chi connectivity index (χ4n) is 1.35. The Morgan fingerprint density at radius 3 is 2.79 bits per heavy atom. The van der Waals surface area contributed by atoms with Crippen molar-refractivity contribution in [2.75, 3.05) is 0 Å². The van der Waals surface area contributed by atoms with Crippen LogP contribution in [0.5, 0.6) is 0 Å². The second-order valence-electron chi connectivity index (χ2n) is 3.29. The molecule has 0 atom stereocenters. The van der Waals surface area contributed by atoms with Crippen LogP contribution in [0.1, 0.15) is 12.6 Å². The monoisotopic (exact) mass is 203 g/mol. The maximum Gasteiger partial charge on any atom is 0.0724 e. The van der Waals surface area contributed by atoms with Crippen molar-refractivity contribution in [1.29, 1.82) is 0 Å². The fraction of sp³-hybridized carbons (Fsp3) is 0.0833. The third kappa shape index (κ3) is 1.51. The standard InChI is InChI=1S/C12H10ClN/c1-8(2)12-7-10(13)9-5-3-4-6-11(9)14-12/h3-7H,1H2,2H3. The van der Waals surface area contributed by atoms with Crippen molar-refractivity contribution in [2.24, 2.45) is 0 Å². The molecule has 0 fully saturated rings. The number of fused-ring (bicyclic) bond motifs is 1. The summed E-state index contributed by atoms with van der Waals surface area (Å²) in [7, 11) is 0. The number of hydrogen-bond donors (Lipinski definition) is 0. The lowest BCUT2D eigenvalue weighted by Crippen LogP contribution is -1.87. The molecule has 1 nitrogen and oxygen atoms in total. The van der Waals surface area contributed by atoms with Crippen molar-refractivity contribution in [3.63, 3.8) is 0 Å².